The smallest absolute Gasteiger partial charge is 0.138 e. The Hall–Kier alpha value is 0.200. The van der Waals surface area contributed by atoms with Gasteiger partial charge in [-0.25, -0.2) is 0 Å². The molecular weight excluding hydrogens is 226 g/mol. The zero-order chi connectivity index (χ0) is 11.5. The molecule has 0 saturated carbocycles. The predicted molar refractivity (Wildman–Crippen MR) is 71.3 cm³/mol. The largest absolute Gasteiger partial charge is 0.362 e. The fourth-order valence-corrected chi connectivity index (χ4v) is 3.18. The predicted octanol–water partition coefficient (Wildman–Crippen LogP) is 3.26. The first kappa shape index (κ1) is 13.3. The maximum atomic E-state index is 5.82. The average Bonchev–Trinajstić information content (AvgIpc) is 2.50. The molecule has 2 nitrogen and oxygen atoms in total. The third kappa shape index (κ3) is 5.18. The van der Waals surface area contributed by atoms with E-state index >= 15 is 0 Å². The summed E-state index contributed by atoms with van der Waals surface area (Å²) in [6.07, 6.45) is 2.55. The Labute approximate surface area is 103 Å². The average molecular weight is 247 g/mol. The lowest BCUT2D eigenvalue weighted by atomic mass is 10.2. The van der Waals surface area contributed by atoms with Gasteiger partial charge in [0.15, 0.2) is 0 Å². The van der Waals surface area contributed by atoms with Gasteiger partial charge in [0.05, 0.1) is 5.60 Å². The molecular formula is C11H21NOS2. The number of nitrogens with zero attached hydrogens (tertiary/aromatic N) is 1. The lowest BCUT2D eigenvalue weighted by molar-refractivity contribution is -0.0111. The van der Waals surface area contributed by atoms with Crippen LogP contribution in [0, 0.1) is 0 Å². The molecule has 1 atom stereocenters. The molecule has 15 heavy (non-hydrogen) atoms. The molecule has 0 aromatic carbocycles. The molecule has 0 aliphatic carbocycles. The molecule has 0 N–H and O–H groups in total. The van der Waals surface area contributed by atoms with Crippen LogP contribution >= 0.6 is 24.0 Å². The molecule has 1 unspecified atom stereocenters. The van der Waals surface area contributed by atoms with Gasteiger partial charge < -0.3 is 9.64 Å². The molecule has 1 fully saturated rings. The Balaban J connectivity index is 2.30. The molecule has 1 heterocycles. The van der Waals surface area contributed by atoms with Crippen molar-refractivity contribution in [1.82, 2.24) is 4.90 Å². The van der Waals surface area contributed by atoms with E-state index in [2.05, 4.69) is 32.6 Å². The van der Waals surface area contributed by atoms with Gasteiger partial charge in [0.1, 0.15) is 9.76 Å². The maximum absolute atomic E-state index is 5.82. The second kappa shape index (κ2) is 5.51. The second-order valence-corrected chi connectivity index (χ2v) is 6.81. The van der Waals surface area contributed by atoms with E-state index in [9.17, 15) is 0 Å². The lowest BCUT2D eigenvalue weighted by Crippen LogP contribution is -2.28. The van der Waals surface area contributed by atoms with Gasteiger partial charge in [0, 0.05) is 13.1 Å². The van der Waals surface area contributed by atoms with Crippen LogP contribution in [-0.2, 0) is 4.74 Å². The topological polar surface area (TPSA) is 12.5 Å². The van der Waals surface area contributed by atoms with Gasteiger partial charge in [-0.1, -0.05) is 24.0 Å². The molecule has 88 valence electrons. The van der Waals surface area contributed by atoms with Crippen molar-refractivity contribution in [2.75, 3.05) is 13.1 Å². The van der Waals surface area contributed by atoms with E-state index in [4.69, 9.17) is 17.0 Å². The molecule has 0 aromatic heterocycles. The molecule has 4 heteroatoms. The van der Waals surface area contributed by atoms with Gasteiger partial charge in [-0.15, -0.1) is 0 Å². The summed E-state index contributed by atoms with van der Waals surface area (Å²) in [5, 5.41) is 0. The maximum Gasteiger partial charge on any atom is 0.138 e. The fourth-order valence-electron chi connectivity index (χ4n) is 1.64. The first-order valence-corrected chi connectivity index (χ1v) is 6.81. The summed E-state index contributed by atoms with van der Waals surface area (Å²) in [5.41, 5.74) is 0.0469. The number of thiocarbonyl (C=S) groups is 1. The number of ether oxygens (including phenoxy) is 1. The zero-order valence-electron chi connectivity index (χ0n) is 10.1. The van der Waals surface area contributed by atoms with Crippen LogP contribution in [0.25, 0.3) is 0 Å². The summed E-state index contributed by atoms with van der Waals surface area (Å²) < 4.78 is 6.81. The quantitative estimate of drug-likeness (QED) is 0.548. The molecule has 1 rings (SSSR count). The van der Waals surface area contributed by atoms with Crippen LogP contribution in [0.15, 0.2) is 0 Å². The van der Waals surface area contributed by atoms with E-state index in [-0.39, 0.29) is 11.0 Å². The van der Waals surface area contributed by atoms with Gasteiger partial charge in [-0.2, -0.15) is 0 Å². The van der Waals surface area contributed by atoms with Crippen LogP contribution in [0.1, 0.15) is 40.5 Å². The standard InChI is InChI=1S/C11H21NOS2/c1-9(13-11(2,3)4)15-10(14)12-7-5-6-8-12/h9H,5-8H2,1-4H3. The molecule has 0 radical (unpaired) electrons. The van der Waals surface area contributed by atoms with E-state index < -0.39 is 0 Å². The highest BCUT2D eigenvalue weighted by Gasteiger charge is 2.20. The Bertz CT molecular complexity index is 219. The van der Waals surface area contributed by atoms with Crippen molar-refractivity contribution in [3.05, 3.63) is 0 Å². The number of thioether (sulfide) groups is 1. The fraction of sp³-hybridized carbons (Fsp3) is 0.909. The van der Waals surface area contributed by atoms with Gasteiger partial charge in [0.2, 0.25) is 0 Å². The van der Waals surface area contributed by atoms with Crippen molar-refractivity contribution in [3.8, 4) is 0 Å². The van der Waals surface area contributed by atoms with Crippen LogP contribution in [-0.4, -0.2) is 33.3 Å². The van der Waals surface area contributed by atoms with Crippen molar-refractivity contribution in [2.45, 2.75) is 51.6 Å². The summed E-state index contributed by atoms with van der Waals surface area (Å²) in [5.74, 6) is 0. The Morgan fingerprint density at radius 3 is 2.33 bits per heavy atom. The van der Waals surface area contributed by atoms with Crippen molar-refractivity contribution in [3.63, 3.8) is 0 Å². The minimum atomic E-state index is -0.0902. The van der Waals surface area contributed by atoms with Crippen LogP contribution in [0.5, 0.6) is 0 Å². The van der Waals surface area contributed by atoms with E-state index in [0.29, 0.717) is 0 Å². The Kier molecular flexibility index (Phi) is 4.87. The molecule has 0 bridgehead atoms. The normalized spacial score (nSPS) is 19.3. The molecule has 1 saturated heterocycles. The highest BCUT2D eigenvalue weighted by molar-refractivity contribution is 8.23. The van der Waals surface area contributed by atoms with Crippen LogP contribution in [0.3, 0.4) is 0 Å². The van der Waals surface area contributed by atoms with E-state index in [1.807, 2.05) is 0 Å². The Morgan fingerprint density at radius 2 is 1.87 bits per heavy atom. The van der Waals surface area contributed by atoms with Crippen LogP contribution in [0.4, 0.5) is 0 Å². The third-order valence-electron chi connectivity index (χ3n) is 2.15. The molecule has 1 aliphatic heterocycles. The lowest BCUT2D eigenvalue weighted by Gasteiger charge is -2.26. The summed E-state index contributed by atoms with van der Waals surface area (Å²) in [7, 11) is 0. The first-order chi connectivity index (χ1) is 6.88. The summed E-state index contributed by atoms with van der Waals surface area (Å²) >= 11 is 7.05. The second-order valence-electron chi connectivity index (χ2n) is 4.88. The minimum Gasteiger partial charge on any atom is -0.362 e. The summed E-state index contributed by atoms with van der Waals surface area (Å²) in [6, 6.07) is 0. The number of rotatable bonds is 2. The minimum absolute atomic E-state index is 0.0902. The number of hydrogen-bond acceptors (Lipinski definition) is 3. The number of likely N-dealkylation sites (tertiary alicyclic amines) is 1. The molecule has 0 aromatic rings. The Morgan fingerprint density at radius 1 is 1.33 bits per heavy atom. The van der Waals surface area contributed by atoms with Crippen molar-refractivity contribution < 1.29 is 4.74 Å². The van der Waals surface area contributed by atoms with Crippen molar-refractivity contribution >= 4 is 28.3 Å². The first-order valence-electron chi connectivity index (χ1n) is 5.52. The van der Waals surface area contributed by atoms with E-state index in [1.165, 1.54) is 12.8 Å². The number of hydrogen-bond donors (Lipinski definition) is 0. The highest BCUT2D eigenvalue weighted by Crippen LogP contribution is 2.24. The van der Waals surface area contributed by atoms with Crippen LogP contribution in [0.2, 0.25) is 0 Å². The van der Waals surface area contributed by atoms with Crippen molar-refractivity contribution in [2.24, 2.45) is 0 Å². The molecule has 0 spiro atoms. The van der Waals surface area contributed by atoms with Gasteiger partial charge in [-0.3, -0.25) is 0 Å². The molecule has 0 amide bonds. The van der Waals surface area contributed by atoms with Crippen LogP contribution < -0.4 is 0 Å². The van der Waals surface area contributed by atoms with Crippen molar-refractivity contribution in [1.29, 1.82) is 0 Å². The highest BCUT2D eigenvalue weighted by atomic mass is 32.2. The van der Waals surface area contributed by atoms with Gasteiger partial charge in [-0.05, 0) is 40.5 Å². The third-order valence-corrected chi connectivity index (χ3v) is 3.59. The molecule has 1 aliphatic rings. The van der Waals surface area contributed by atoms with E-state index in [1.54, 1.807) is 11.8 Å². The van der Waals surface area contributed by atoms with Gasteiger partial charge >= 0.3 is 0 Å². The summed E-state index contributed by atoms with van der Waals surface area (Å²) in [6.45, 7) is 10.5. The zero-order valence-corrected chi connectivity index (χ0v) is 11.7. The van der Waals surface area contributed by atoms with E-state index in [0.717, 1.165) is 17.4 Å². The SMILES string of the molecule is CC(OC(C)(C)C)SC(=S)N1CCCC1. The summed E-state index contributed by atoms with van der Waals surface area (Å²) in [4.78, 5) is 2.28. The van der Waals surface area contributed by atoms with Gasteiger partial charge in [0.25, 0.3) is 0 Å². The monoisotopic (exact) mass is 247 g/mol.